The quantitative estimate of drug-likeness (QED) is 0.252. The van der Waals surface area contributed by atoms with E-state index in [1.807, 2.05) is 0 Å². The van der Waals surface area contributed by atoms with Gasteiger partial charge in [-0.05, 0) is 35.9 Å². The summed E-state index contributed by atoms with van der Waals surface area (Å²) in [7, 11) is 4.18. The first-order chi connectivity index (χ1) is 17.2. The highest BCUT2D eigenvalue weighted by molar-refractivity contribution is 6.52. The van der Waals surface area contributed by atoms with Crippen LogP contribution in [0.2, 0.25) is 10.0 Å². The molecule has 0 saturated carbocycles. The van der Waals surface area contributed by atoms with Gasteiger partial charge in [-0.2, -0.15) is 0 Å². The van der Waals surface area contributed by atoms with Gasteiger partial charge in [0.15, 0.2) is 11.5 Å². The van der Waals surface area contributed by atoms with Crippen LogP contribution in [0.25, 0.3) is 5.76 Å². The molecule has 1 heterocycles. The monoisotopic (exact) mass is 529 g/mol. The molecule has 4 rings (SSSR count). The summed E-state index contributed by atoms with van der Waals surface area (Å²) in [6.45, 7) is 0. The molecule has 3 aromatic rings. The Labute approximate surface area is 216 Å². The SMILES string of the molecule is COc1cccc(N2C(=O)C(=O)/C(=C(/O)c3cc(Cl)c(OC)c(Cl)c3OC)C2c2ccc(O)cc2)c1. The first-order valence-corrected chi connectivity index (χ1v) is 11.3. The number of nitrogens with zero attached hydrogens (tertiary/aromatic N) is 1. The molecule has 0 spiro atoms. The third-order valence-electron chi connectivity index (χ3n) is 5.78. The maximum absolute atomic E-state index is 13.4. The van der Waals surface area contributed by atoms with E-state index in [0.29, 0.717) is 17.0 Å². The minimum atomic E-state index is -1.05. The molecule has 1 amide bonds. The van der Waals surface area contributed by atoms with Crippen molar-refractivity contribution >= 4 is 46.3 Å². The molecule has 0 aliphatic carbocycles. The van der Waals surface area contributed by atoms with Crippen molar-refractivity contribution in [3.05, 3.63) is 81.3 Å². The number of Topliss-reactive ketones (excluding diaryl/α,β-unsaturated/α-hetero) is 1. The zero-order chi connectivity index (χ0) is 26.1. The highest BCUT2D eigenvalue weighted by Gasteiger charge is 2.47. The third-order valence-corrected chi connectivity index (χ3v) is 6.40. The smallest absolute Gasteiger partial charge is 0.300 e. The lowest BCUT2D eigenvalue weighted by molar-refractivity contribution is -0.132. The number of hydrogen-bond acceptors (Lipinski definition) is 7. The van der Waals surface area contributed by atoms with Gasteiger partial charge < -0.3 is 24.4 Å². The van der Waals surface area contributed by atoms with Crippen LogP contribution < -0.4 is 19.1 Å². The summed E-state index contributed by atoms with van der Waals surface area (Å²) in [5.41, 5.74) is 0.609. The predicted octanol–water partition coefficient (Wildman–Crippen LogP) is 5.35. The average molecular weight is 530 g/mol. The number of amides is 1. The lowest BCUT2D eigenvalue weighted by Gasteiger charge is -2.26. The topological polar surface area (TPSA) is 106 Å². The van der Waals surface area contributed by atoms with Crippen LogP contribution in [0.4, 0.5) is 5.69 Å². The molecule has 0 bridgehead atoms. The Balaban J connectivity index is 2.01. The minimum absolute atomic E-state index is 0.000667. The molecule has 1 unspecified atom stereocenters. The van der Waals surface area contributed by atoms with E-state index in [9.17, 15) is 19.8 Å². The number of ketones is 1. The van der Waals surface area contributed by atoms with E-state index in [2.05, 4.69) is 0 Å². The molecule has 1 saturated heterocycles. The molecule has 2 N–H and O–H groups in total. The van der Waals surface area contributed by atoms with Crippen molar-refractivity contribution in [1.82, 2.24) is 0 Å². The molecule has 36 heavy (non-hydrogen) atoms. The Hall–Kier alpha value is -3.88. The maximum Gasteiger partial charge on any atom is 0.300 e. The number of ether oxygens (including phenoxy) is 3. The fourth-order valence-corrected chi connectivity index (χ4v) is 4.81. The van der Waals surface area contributed by atoms with Gasteiger partial charge in [-0.3, -0.25) is 14.5 Å². The van der Waals surface area contributed by atoms with Crippen molar-refractivity contribution < 1.29 is 34.0 Å². The third kappa shape index (κ3) is 4.19. The zero-order valence-electron chi connectivity index (χ0n) is 19.4. The number of aromatic hydroxyl groups is 1. The second kappa shape index (κ2) is 10.0. The number of aliphatic hydroxyl groups excluding tert-OH is 1. The van der Waals surface area contributed by atoms with Gasteiger partial charge in [0.05, 0.1) is 43.5 Å². The van der Waals surface area contributed by atoms with Crippen LogP contribution in [0.3, 0.4) is 0 Å². The van der Waals surface area contributed by atoms with E-state index in [4.69, 9.17) is 37.4 Å². The first-order valence-electron chi connectivity index (χ1n) is 10.6. The van der Waals surface area contributed by atoms with E-state index in [1.165, 1.54) is 44.4 Å². The lowest BCUT2D eigenvalue weighted by atomic mass is 9.94. The number of methoxy groups -OCH3 is 3. The molecular formula is C26H21Cl2NO7. The molecule has 1 fully saturated rings. The standard InChI is InChI=1S/C26H21Cl2NO7/c1-34-16-6-4-5-14(11-16)29-21(13-7-9-15(30)10-8-13)19(23(32)26(29)33)22(31)17-12-18(27)25(36-3)20(28)24(17)35-2/h4-12,21,30-31H,1-3H3/b22-19+. The van der Waals surface area contributed by atoms with Gasteiger partial charge in [-0.15, -0.1) is 0 Å². The summed E-state index contributed by atoms with van der Waals surface area (Å²) in [5, 5.41) is 21.3. The summed E-state index contributed by atoms with van der Waals surface area (Å²) in [5.74, 6) is -1.75. The summed E-state index contributed by atoms with van der Waals surface area (Å²) in [6, 6.07) is 12.8. The van der Waals surface area contributed by atoms with Crippen molar-refractivity contribution in [3.8, 4) is 23.0 Å². The molecule has 186 valence electrons. The number of halogens is 2. The predicted molar refractivity (Wildman–Crippen MR) is 135 cm³/mol. The minimum Gasteiger partial charge on any atom is -0.508 e. The number of aliphatic hydroxyl groups is 1. The van der Waals surface area contributed by atoms with Gasteiger partial charge in [0.1, 0.15) is 22.3 Å². The van der Waals surface area contributed by atoms with Crippen LogP contribution in [-0.2, 0) is 9.59 Å². The Kier molecular flexibility index (Phi) is 7.01. The first kappa shape index (κ1) is 25.2. The normalized spacial score (nSPS) is 16.8. The zero-order valence-corrected chi connectivity index (χ0v) is 20.9. The molecule has 10 heteroatoms. The number of anilines is 1. The molecule has 0 aromatic heterocycles. The second-order valence-electron chi connectivity index (χ2n) is 7.75. The second-order valence-corrected chi connectivity index (χ2v) is 8.53. The van der Waals surface area contributed by atoms with Gasteiger partial charge in [0, 0.05) is 11.8 Å². The summed E-state index contributed by atoms with van der Waals surface area (Å²) in [6.07, 6.45) is 0. The largest absolute Gasteiger partial charge is 0.508 e. The highest BCUT2D eigenvalue weighted by Crippen LogP contribution is 2.48. The van der Waals surface area contributed by atoms with Crippen LogP contribution >= 0.6 is 23.2 Å². The number of benzene rings is 3. The number of carbonyl (C=O) groups excluding carboxylic acids is 2. The molecule has 1 aliphatic rings. The summed E-state index contributed by atoms with van der Waals surface area (Å²) < 4.78 is 15.9. The van der Waals surface area contributed by atoms with Crippen LogP contribution in [0.1, 0.15) is 17.2 Å². The number of phenolic OH excluding ortho intramolecular Hbond substituents is 1. The maximum atomic E-state index is 13.4. The van der Waals surface area contributed by atoms with Crippen LogP contribution in [0.5, 0.6) is 23.0 Å². The average Bonchev–Trinajstić information content (AvgIpc) is 3.14. The van der Waals surface area contributed by atoms with Crippen molar-refractivity contribution in [2.24, 2.45) is 0 Å². The van der Waals surface area contributed by atoms with Crippen molar-refractivity contribution in [1.29, 1.82) is 0 Å². The Morgan fingerprint density at radius 1 is 0.917 bits per heavy atom. The number of hydrogen-bond donors (Lipinski definition) is 2. The number of phenols is 1. The van der Waals surface area contributed by atoms with Gasteiger partial charge >= 0.3 is 0 Å². The molecule has 3 aromatic carbocycles. The molecule has 1 atom stereocenters. The molecular weight excluding hydrogens is 509 g/mol. The van der Waals surface area contributed by atoms with Crippen molar-refractivity contribution in [2.45, 2.75) is 6.04 Å². The Bertz CT molecular complexity index is 1390. The van der Waals surface area contributed by atoms with Crippen molar-refractivity contribution in [3.63, 3.8) is 0 Å². The van der Waals surface area contributed by atoms with E-state index >= 15 is 0 Å². The van der Waals surface area contributed by atoms with Crippen molar-refractivity contribution in [2.75, 3.05) is 26.2 Å². The van der Waals surface area contributed by atoms with Gasteiger partial charge in [0.2, 0.25) is 0 Å². The molecule has 0 radical (unpaired) electrons. The molecule has 8 nitrogen and oxygen atoms in total. The van der Waals surface area contributed by atoms with Gasteiger partial charge in [0.25, 0.3) is 11.7 Å². The van der Waals surface area contributed by atoms with Crippen LogP contribution in [0.15, 0.2) is 60.2 Å². The number of carbonyl (C=O) groups is 2. The summed E-state index contributed by atoms with van der Waals surface area (Å²) in [4.78, 5) is 28.0. The number of rotatable bonds is 6. The highest BCUT2D eigenvalue weighted by atomic mass is 35.5. The van der Waals surface area contributed by atoms with Crippen LogP contribution in [0, 0.1) is 0 Å². The van der Waals surface area contributed by atoms with E-state index in [0.717, 1.165) is 0 Å². The van der Waals surface area contributed by atoms with E-state index in [1.54, 1.807) is 36.4 Å². The molecule has 1 aliphatic heterocycles. The lowest BCUT2D eigenvalue weighted by Crippen LogP contribution is -2.29. The van der Waals surface area contributed by atoms with E-state index in [-0.39, 0.29) is 38.4 Å². The van der Waals surface area contributed by atoms with Gasteiger partial charge in [-0.1, -0.05) is 41.4 Å². The van der Waals surface area contributed by atoms with Gasteiger partial charge in [-0.25, -0.2) is 0 Å². The van der Waals surface area contributed by atoms with E-state index < -0.39 is 23.5 Å². The fraction of sp³-hybridized carbons (Fsp3) is 0.154. The summed E-state index contributed by atoms with van der Waals surface area (Å²) >= 11 is 12.7. The van der Waals surface area contributed by atoms with Crippen LogP contribution in [-0.4, -0.2) is 43.2 Å². The Morgan fingerprint density at radius 2 is 1.58 bits per heavy atom. The fourth-order valence-electron chi connectivity index (χ4n) is 4.12. The Morgan fingerprint density at radius 3 is 2.19 bits per heavy atom.